The first-order valence-corrected chi connectivity index (χ1v) is 13.3. The quantitative estimate of drug-likeness (QED) is 0.139. The number of para-hydroxylation sites is 1. The first kappa shape index (κ1) is 28.6. The number of alkyl halides is 3. The van der Waals surface area contributed by atoms with E-state index in [1.807, 2.05) is 79.7 Å². The van der Waals surface area contributed by atoms with E-state index in [1.165, 1.54) is 19.3 Å². The highest BCUT2D eigenvalue weighted by Gasteiger charge is 2.33. The molecule has 0 aliphatic heterocycles. The normalized spacial score (nSPS) is 11.6. The number of hydrogen-bond donors (Lipinski definition) is 0. The molecule has 0 N–H and O–H groups in total. The van der Waals surface area contributed by atoms with Gasteiger partial charge in [-0.3, -0.25) is 4.98 Å². The number of ether oxygens (including phenoxy) is 2. The van der Waals surface area contributed by atoms with Crippen LogP contribution in [0.4, 0.5) is 13.2 Å². The summed E-state index contributed by atoms with van der Waals surface area (Å²) in [7, 11) is 1.32. The first-order chi connectivity index (χ1) is 20.2. The fourth-order valence-electron chi connectivity index (χ4n) is 4.85. The summed E-state index contributed by atoms with van der Waals surface area (Å²) >= 11 is 0. The van der Waals surface area contributed by atoms with Gasteiger partial charge in [0.05, 0.1) is 18.2 Å². The third kappa shape index (κ3) is 6.52. The number of carbonyl (C=O) groups excluding carboxylic acids is 1. The van der Waals surface area contributed by atoms with Crippen molar-refractivity contribution in [2.75, 3.05) is 7.11 Å². The van der Waals surface area contributed by atoms with E-state index in [1.54, 1.807) is 18.3 Å². The van der Waals surface area contributed by atoms with Gasteiger partial charge in [0.15, 0.2) is 0 Å². The van der Waals surface area contributed by atoms with Crippen molar-refractivity contribution >= 4 is 22.9 Å². The summed E-state index contributed by atoms with van der Waals surface area (Å²) in [4.78, 5) is 15.6. The summed E-state index contributed by atoms with van der Waals surface area (Å²) in [5, 5.41) is 0.434. The van der Waals surface area contributed by atoms with Gasteiger partial charge in [0, 0.05) is 17.7 Å². The van der Waals surface area contributed by atoms with Crippen LogP contribution in [0.3, 0.4) is 0 Å². The SMILES string of the molecule is COC(=O)C=Cc1ccc(COc2cccc(-c3c(Cc4ccccc4C)cnc4c(C(F)(F)F)cccc34)c2)cc1. The van der Waals surface area contributed by atoms with E-state index in [9.17, 15) is 18.0 Å². The van der Waals surface area contributed by atoms with Gasteiger partial charge in [-0.15, -0.1) is 0 Å². The standard InChI is InChI=1S/C35H28F3NO3/c1-23-7-3-4-8-26(23)19-28-21-39-34-30(11-6-12-31(34)35(36,37)38)33(28)27-9-5-10-29(20-27)42-22-25-15-13-24(14-16-25)17-18-32(40)41-2/h3-18,20-21H,19,22H2,1-2H3. The third-order valence-electron chi connectivity index (χ3n) is 7.04. The molecular formula is C35H28F3NO3. The van der Waals surface area contributed by atoms with Crippen LogP contribution in [0.15, 0.2) is 103 Å². The highest BCUT2D eigenvalue weighted by molar-refractivity contribution is 5.98. The Labute approximate surface area is 242 Å². The molecule has 0 radical (unpaired) electrons. The van der Waals surface area contributed by atoms with Crippen LogP contribution in [-0.4, -0.2) is 18.1 Å². The fraction of sp³-hybridized carbons (Fsp3) is 0.143. The predicted molar refractivity (Wildman–Crippen MR) is 158 cm³/mol. The average molecular weight is 568 g/mol. The molecule has 0 aliphatic rings. The summed E-state index contributed by atoms with van der Waals surface area (Å²) in [6.07, 6.45) is 0.561. The van der Waals surface area contributed by atoms with E-state index in [2.05, 4.69) is 9.72 Å². The maximum atomic E-state index is 13.9. The zero-order valence-electron chi connectivity index (χ0n) is 23.1. The highest BCUT2D eigenvalue weighted by atomic mass is 19.4. The van der Waals surface area contributed by atoms with Crippen LogP contribution in [0.1, 0.15) is 33.4 Å². The topological polar surface area (TPSA) is 48.4 Å². The number of rotatable bonds is 8. The molecule has 42 heavy (non-hydrogen) atoms. The molecule has 1 aromatic heterocycles. The summed E-state index contributed by atoms with van der Waals surface area (Å²) in [6, 6.07) is 27.1. The van der Waals surface area contributed by atoms with E-state index in [-0.39, 0.29) is 12.1 Å². The van der Waals surface area contributed by atoms with Crippen molar-refractivity contribution in [2.24, 2.45) is 0 Å². The first-order valence-electron chi connectivity index (χ1n) is 13.3. The van der Waals surface area contributed by atoms with Gasteiger partial charge in [-0.25, -0.2) is 4.79 Å². The van der Waals surface area contributed by atoms with E-state index in [4.69, 9.17) is 4.74 Å². The van der Waals surface area contributed by atoms with Crippen molar-refractivity contribution in [3.63, 3.8) is 0 Å². The number of fused-ring (bicyclic) bond motifs is 1. The number of nitrogens with zero attached hydrogens (tertiary/aromatic N) is 1. The lowest BCUT2D eigenvalue weighted by molar-refractivity contribution is -0.136. The molecule has 0 bridgehead atoms. The van der Waals surface area contributed by atoms with Gasteiger partial charge in [-0.1, -0.05) is 72.8 Å². The van der Waals surface area contributed by atoms with Crippen molar-refractivity contribution in [1.82, 2.24) is 4.98 Å². The average Bonchev–Trinajstić information content (AvgIpc) is 2.99. The molecule has 0 spiro atoms. The second kappa shape index (κ2) is 12.3. The molecule has 0 saturated carbocycles. The van der Waals surface area contributed by atoms with E-state index in [0.717, 1.165) is 39.4 Å². The molecule has 0 fully saturated rings. The maximum Gasteiger partial charge on any atom is 0.418 e. The van der Waals surface area contributed by atoms with Crippen molar-refractivity contribution in [3.8, 4) is 16.9 Å². The lowest BCUT2D eigenvalue weighted by Gasteiger charge is -2.17. The lowest BCUT2D eigenvalue weighted by atomic mass is 9.91. The van der Waals surface area contributed by atoms with Gasteiger partial charge in [-0.05, 0) is 76.6 Å². The second-order valence-electron chi connectivity index (χ2n) is 9.88. The minimum atomic E-state index is -4.53. The lowest BCUT2D eigenvalue weighted by Crippen LogP contribution is -2.07. The number of carbonyl (C=O) groups is 1. The summed E-state index contributed by atoms with van der Waals surface area (Å²) in [5.41, 5.74) is 5.34. The number of halogens is 3. The molecule has 0 atom stereocenters. The Morgan fingerprint density at radius 1 is 0.905 bits per heavy atom. The van der Waals surface area contributed by atoms with Crippen LogP contribution < -0.4 is 4.74 Å². The Bertz CT molecular complexity index is 1760. The minimum absolute atomic E-state index is 0.0822. The largest absolute Gasteiger partial charge is 0.489 e. The molecule has 7 heteroatoms. The minimum Gasteiger partial charge on any atom is -0.489 e. The van der Waals surface area contributed by atoms with E-state index in [0.29, 0.717) is 23.1 Å². The maximum absolute atomic E-state index is 13.9. The van der Waals surface area contributed by atoms with Gasteiger partial charge in [0.25, 0.3) is 0 Å². The van der Waals surface area contributed by atoms with Gasteiger partial charge < -0.3 is 9.47 Å². The van der Waals surface area contributed by atoms with Crippen molar-refractivity contribution in [3.05, 3.63) is 137 Å². The number of hydrogen-bond acceptors (Lipinski definition) is 4. The Hall–Kier alpha value is -4.91. The molecule has 5 rings (SSSR count). The van der Waals surface area contributed by atoms with Crippen molar-refractivity contribution in [2.45, 2.75) is 26.1 Å². The summed E-state index contributed by atoms with van der Waals surface area (Å²) in [5.74, 6) is 0.155. The summed E-state index contributed by atoms with van der Waals surface area (Å²) < 4.78 is 52.4. The molecule has 5 aromatic rings. The molecule has 0 unspecified atom stereocenters. The second-order valence-corrected chi connectivity index (χ2v) is 9.88. The fourth-order valence-corrected chi connectivity index (χ4v) is 4.85. The van der Waals surface area contributed by atoms with E-state index >= 15 is 0 Å². The number of aromatic nitrogens is 1. The van der Waals surface area contributed by atoms with E-state index < -0.39 is 17.7 Å². The molecule has 0 saturated heterocycles. The van der Waals surface area contributed by atoms with Crippen LogP contribution in [0.5, 0.6) is 5.75 Å². The predicted octanol–water partition coefficient (Wildman–Crippen LogP) is 8.59. The molecule has 1 heterocycles. The monoisotopic (exact) mass is 567 g/mol. The van der Waals surface area contributed by atoms with Gasteiger partial charge >= 0.3 is 12.1 Å². The molecule has 0 aliphatic carbocycles. The zero-order chi connectivity index (χ0) is 29.7. The van der Waals surface area contributed by atoms with Crippen LogP contribution in [-0.2, 0) is 28.7 Å². The number of benzene rings is 4. The summed E-state index contributed by atoms with van der Waals surface area (Å²) in [6.45, 7) is 2.30. The Morgan fingerprint density at radius 2 is 1.67 bits per heavy atom. The number of esters is 1. The molecule has 4 aromatic carbocycles. The molecule has 0 amide bonds. The van der Waals surface area contributed by atoms with Gasteiger partial charge in [0.2, 0.25) is 0 Å². The Kier molecular flexibility index (Phi) is 8.38. The number of pyridine rings is 1. The van der Waals surface area contributed by atoms with Gasteiger partial charge in [0.1, 0.15) is 12.4 Å². The highest BCUT2D eigenvalue weighted by Crippen LogP contribution is 2.39. The van der Waals surface area contributed by atoms with Crippen LogP contribution >= 0.6 is 0 Å². The van der Waals surface area contributed by atoms with Crippen LogP contribution in [0.25, 0.3) is 28.1 Å². The number of methoxy groups -OCH3 is 1. The van der Waals surface area contributed by atoms with Gasteiger partial charge in [-0.2, -0.15) is 13.2 Å². The smallest absolute Gasteiger partial charge is 0.418 e. The Balaban J connectivity index is 1.49. The zero-order valence-corrected chi connectivity index (χ0v) is 23.1. The third-order valence-corrected chi connectivity index (χ3v) is 7.04. The Morgan fingerprint density at radius 3 is 2.40 bits per heavy atom. The molecule has 4 nitrogen and oxygen atoms in total. The van der Waals surface area contributed by atoms with Crippen LogP contribution in [0.2, 0.25) is 0 Å². The van der Waals surface area contributed by atoms with Crippen LogP contribution in [0, 0.1) is 6.92 Å². The number of aryl methyl sites for hydroxylation is 1. The molecular weight excluding hydrogens is 539 g/mol. The van der Waals surface area contributed by atoms with Crippen molar-refractivity contribution < 1.29 is 27.4 Å². The molecule has 212 valence electrons. The van der Waals surface area contributed by atoms with Crippen molar-refractivity contribution in [1.29, 1.82) is 0 Å².